The highest BCUT2D eigenvalue weighted by atomic mass is 79.9. The fourth-order valence-corrected chi connectivity index (χ4v) is 3.36. The zero-order valence-electron chi connectivity index (χ0n) is 12.7. The highest BCUT2D eigenvalue weighted by molar-refractivity contribution is 9.10. The minimum Gasteiger partial charge on any atom is -0.325 e. The molecule has 0 unspecified atom stereocenters. The lowest BCUT2D eigenvalue weighted by Crippen LogP contribution is -2.20. The molecule has 0 amide bonds. The van der Waals surface area contributed by atoms with Crippen LogP contribution in [0.1, 0.15) is 11.1 Å². The Morgan fingerprint density at radius 3 is 1.67 bits per heavy atom. The van der Waals surface area contributed by atoms with Gasteiger partial charge in [-0.2, -0.15) is 0 Å². The fourth-order valence-electron chi connectivity index (χ4n) is 3.10. The topological polar surface area (TPSA) is 59.7 Å². The first-order valence-corrected chi connectivity index (χ1v) is 8.37. The second kappa shape index (κ2) is 5.73. The SMILES string of the molecule is N=C1NC(=N)c2c(-c3ccc(Br)cc3)ccc(-c3ccccc3)c21. The van der Waals surface area contributed by atoms with Crippen LogP contribution in [-0.2, 0) is 0 Å². The third-order valence-corrected chi connectivity index (χ3v) is 4.72. The van der Waals surface area contributed by atoms with Gasteiger partial charge < -0.3 is 5.32 Å². The molecule has 0 bridgehead atoms. The molecular weight excluding hydrogens is 362 g/mol. The van der Waals surface area contributed by atoms with E-state index in [1.807, 2.05) is 66.7 Å². The molecular formula is C20H14BrN3. The second-order valence-corrected chi connectivity index (χ2v) is 6.57. The molecule has 0 fully saturated rings. The smallest absolute Gasteiger partial charge is 0.132 e. The standard InChI is InChI=1S/C20H14BrN3/c21-14-8-6-13(7-9-14)16-11-10-15(12-4-2-1-3-5-12)17-18(16)20(23)24-19(17)22/h1-11H,(H3,22,23,24). The molecule has 1 heterocycles. The Kier molecular flexibility index (Phi) is 3.54. The Labute approximate surface area is 148 Å². The van der Waals surface area contributed by atoms with Gasteiger partial charge in [0, 0.05) is 15.6 Å². The number of nitrogens with one attached hydrogen (secondary N) is 3. The van der Waals surface area contributed by atoms with Crippen LogP contribution in [0.25, 0.3) is 22.3 Å². The van der Waals surface area contributed by atoms with Crippen molar-refractivity contribution in [1.82, 2.24) is 5.32 Å². The average molecular weight is 376 g/mol. The zero-order chi connectivity index (χ0) is 16.7. The number of amidine groups is 2. The molecule has 1 aliphatic heterocycles. The van der Waals surface area contributed by atoms with Gasteiger partial charge in [-0.25, -0.2) is 0 Å². The van der Waals surface area contributed by atoms with E-state index >= 15 is 0 Å². The molecule has 4 rings (SSSR count). The van der Waals surface area contributed by atoms with Crippen molar-refractivity contribution >= 4 is 27.6 Å². The molecule has 0 saturated heterocycles. The van der Waals surface area contributed by atoms with Crippen molar-refractivity contribution in [3.05, 3.63) is 82.3 Å². The number of hydrogen-bond acceptors (Lipinski definition) is 2. The van der Waals surface area contributed by atoms with Crippen LogP contribution >= 0.6 is 15.9 Å². The molecule has 3 aromatic carbocycles. The Morgan fingerprint density at radius 2 is 1.12 bits per heavy atom. The van der Waals surface area contributed by atoms with E-state index in [1.54, 1.807) is 0 Å². The van der Waals surface area contributed by atoms with E-state index in [0.29, 0.717) is 0 Å². The lowest BCUT2D eigenvalue weighted by atomic mass is 9.90. The monoisotopic (exact) mass is 375 g/mol. The van der Waals surface area contributed by atoms with Gasteiger partial charge in [-0.15, -0.1) is 0 Å². The number of rotatable bonds is 2. The van der Waals surface area contributed by atoms with Crippen LogP contribution in [0.4, 0.5) is 0 Å². The molecule has 0 atom stereocenters. The van der Waals surface area contributed by atoms with E-state index < -0.39 is 0 Å². The van der Waals surface area contributed by atoms with Crippen molar-refractivity contribution in [1.29, 1.82) is 10.8 Å². The van der Waals surface area contributed by atoms with Crippen LogP contribution < -0.4 is 5.32 Å². The molecule has 116 valence electrons. The number of halogens is 1. The molecule has 0 radical (unpaired) electrons. The van der Waals surface area contributed by atoms with Gasteiger partial charge in [0.15, 0.2) is 0 Å². The predicted molar refractivity (Wildman–Crippen MR) is 102 cm³/mol. The van der Waals surface area contributed by atoms with E-state index in [1.165, 1.54) is 0 Å². The molecule has 1 aliphatic rings. The molecule has 3 nitrogen and oxygen atoms in total. The molecule has 24 heavy (non-hydrogen) atoms. The number of benzene rings is 3. The van der Waals surface area contributed by atoms with E-state index in [0.717, 1.165) is 37.9 Å². The summed E-state index contributed by atoms with van der Waals surface area (Å²) in [6.07, 6.45) is 0. The van der Waals surface area contributed by atoms with Crippen LogP contribution in [0.5, 0.6) is 0 Å². The van der Waals surface area contributed by atoms with Gasteiger partial charge in [0.05, 0.1) is 0 Å². The Balaban J connectivity index is 1.98. The molecule has 4 heteroatoms. The van der Waals surface area contributed by atoms with Crippen molar-refractivity contribution < 1.29 is 0 Å². The molecule has 0 spiro atoms. The summed E-state index contributed by atoms with van der Waals surface area (Å²) < 4.78 is 1.02. The molecule has 3 N–H and O–H groups in total. The minimum atomic E-state index is 0.283. The number of hydrogen-bond donors (Lipinski definition) is 3. The first kappa shape index (κ1) is 14.8. The van der Waals surface area contributed by atoms with Crippen molar-refractivity contribution in [3.8, 4) is 22.3 Å². The van der Waals surface area contributed by atoms with Crippen molar-refractivity contribution in [2.45, 2.75) is 0 Å². The summed E-state index contributed by atoms with van der Waals surface area (Å²) in [5.74, 6) is 0.568. The minimum absolute atomic E-state index is 0.283. The van der Waals surface area contributed by atoms with Gasteiger partial charge in [-0.05, 0) is 34.4 Å². The van der Waals surface area contributed by atoms with Gasteiger partial charge in [0.1, 0.15) is 11.7 Å². The quantitative estimate of drug-likeness (QED) is 0.577. The zero-order valence-corrected chi connectivity index (χ0v) is 14.3. The summed E-state index contributed by atoms with van der Waals surface area (Å²) in [6, 6.07) is 22.1. The van der Waals surface area contributed by atoms with E-state index in [4.69, 9.17) is 10.8 Å². The second-order valence-electron chi connectivity index (χ2n) is 5.66. The molecule has 0 aromatic heterocycles. The van der Waals surface area contributed by atoms with Gasteiger partial charge in [0.2, 0.25) is 0 Å². The van der Waals surface area contributed by atoms with Gasteiger partial charge in [0.25, 0.3) is 0 Å². The Morgan fingerprint density at radius 1 is 0.625 bits per heavy atom. The van der Waals surface area contributed by atoms with Crippen molar-refractivity contribution in [3.63, 3.8) is 0 Å². The van der Waals surface area contributed by atoms with E-state index in [9.17, 15) is 0 Å². The van der Waals surface area contributed by atoms with E-state index in [-0.39, 0.29) is 11.7 Å². The summed E-state index contributed by atoms with van der Waals surface area (Å²) in [5, 5.41) is 19.4. The summed E-state index contributed by atoms with van der Waals surface area (Å²) in [6.45, 7) is 0. The normalized spacial score (nSPS) is 12.9. The predicted octanol–water partition coefficient (Wildman–Crippen LogP) is 5.04. The summed E-state index contributed by atoms with van der Waals surface area (Å²) in [5.41, 5.74) is 5.63. The van der Waals surface area contributed by atoms with Crippen molar-refractivity contribution in [2.24, 2.45) is 0 Å². The maximum absolute atomic E-state index is 8.29. The van der Waals surface area contributed by atoms with Gasteiger partial charge in [-0.1, -0.05) is 70.5 Å². The lowest BCUT2D eigenvalue weighted by molar-refractivity contribution is 1.29. The molecule has 0 aliphatic carbocycles. The lowest BCUT2D eigenvalue weighted by Gasteiger charge is -2.12. The summed E-state index contributed by atoms with van der Waals surface area (Å²) >= 11 is 3.46. The van der Waals surface area contributed by atoms with Gasteiger partial charge in [-0.3, -0.25) is 10.8 Å². The van der Waals surface area contributed by atoms with Crippen molar-refractivity contribution in [2.75, 3.05) is 0 Å². The Hall–Kier alpha value is -2.72. The highest BCUT2D eigenvalue weighted by Crippen LogP contribution is 2.36. The largest absolute Gasteiger partial charge is 0.325 e. The average Bonchev–Trinajstić information content (AvgIpc) is 2.91. The molecule has 3 aromatic rings. The van der Waals surface area contributed by atoms with Crippen LogP contribution in [0, 0.1) is 10.8 Å². The first-order chi connectivity index (χ1) is 11.6. The number of fused-ring (bicyclic) bond motifs is 1. The van der Waals surface area contributed by atoms with E-state index in [2.05, 4.69) is 21.2 Å². The maximum atomic E-state index is 8.29. The van der Waals surface area contributed by atoms with Crippen LogP contribution in [0.15, 0.2) is 71.2 Å². The highest BCUT2D eigenvalue weighted by Gasteiger charge is 2.28. The van der Waals surface area contributed by atoms with Gasteiger partial charge >= 0.3 is 0 Å². The summed E-state index contributed by atoms with van der Waals surface area (Å²) in [4.78, 5) is 0. The van der Waals surface area contributed by atoms with Crippen LogP contribution in [0.2, 0.25) is 0 Å². The third kappa shape index (κ3) is 2.36. The fraction of sp³-hybridized carbons (Fsp3) is 0. The third-order valence-electron chi connectivity index (χ3n) is 4.20. The van der Waals surface area contributed by atoms with Crippen LogP contribution in [0.3, 0.4) is 0 Å². The Bertz CT molecular complexity index is 960. The summed E-state index contributed by atoms with van der Waals surface area (Å²) in [7, 11) is 0. The first-order valence-electron chi connectivity index (χ1n) is 7.58. The maximum Gasteiger partial charge on any atom is 0.132 e. The van der Waals surface area contributed by atoms with Crippen LogP contribution in [-0.4, -0.2) is 11.7 Å². The molecule has 0 saturated carbocycles.